The minimum absolute atomic E-state index is 0.224. The van der Waals surface area contributed by atoms with Crippen LogP contribution in [-0.4, -0.2) is 27.8 Å². The average molecular weight is 292 g/mol. The zero-order chi connectivity index (χ0) is 15.5. The molecule has 4 heteroatoms. The van der Waals surface area contributed by atoms with Crippen molar-refractivity contribution >= 4 is 5.78 Å². The molecule has 1 fully saturated rings. The average Bonchev–Trinajstić information content (AvgIpc) is 2.82. The number of rotatable bonds is 6. The van der Waals surface area contributed by atoms with Gasteiger partial charge in [0.15, 0.2) is 5.78 Å². The molecule has 0 bridgehead atoms. The van der Waals surface area contributed by atoms with Crippen LogP contribution in [0, 0.1) is 5.92 Å². The molecule has 0 saturated heterocycles. The molecule has 21 heavy (non-hydrogen) atoms. The van der Waals surface area contributed by atoms with Gasteiger partial charge in [-0.05, 0) is 51.0 Å². The van der Waals surface area contributed by atoms with Crippen molar-refractivity contribution in [2.75, 3.05) is 6.61 Å². The Labute approximate surface area is 127 Å². The van der Waals surface area contributed by atoms with Crippen LogP contribution in [0.5, 0.6) is 0 Å². The Morgan fingerprint density at radius 1 is 1.43 bits per heavy atom. The van der Waals surface area contributed by atoms with Crippen LogP contribution in [0.4, 0.5) is 0 Å². The Bertz CT molecular complexity index is 485. The first-order valence-corrected chi connectivity index (χ1v) is 8.19. The van der Waals surface area contributed by atoms with E-state index in [1.807, 2.05) is 24.7 Å². The topological polar surface area (TPSA) is 44.1 Å². The molecule has 4 nitrogen and oxygen atoms in total. The third-order valence-electron chi connectivity index (χ3n) is 4.74. The summed E-state index contributed by atoms with van der Waals surface area (Å²) in [6.07, 6.45) is 5.21. The standard InChI is InChI=1S/C17H28N2O2/c1-5-14-11-15(19(4)18-14)12-16(20)17(21-6-2)9-7-13(3)8-10-17/h11,13H,5-10,12H2,1-4H3. The highest BCUT2D eigenvalue weighted by Crippen LogP contribution is 2.36. The summed E-state index contributed by atoms with van der Waals surface area (Å²) >= 11 is 0. The summed E-state index contributed by atoms with van der Waals surface area (Å²) in [5.41, 5.74) is 1.48. The van der Waals surface area contributed by atoms with Crippen molar-refractivity contribution in [3.8, 4) is 0 Å². The fourth-order valence-corrected chi connectivity index (χ4v) is 3.24. The second-order valence-corrected chi connectivity index (χ2v) is 6.31. The second kappa shape index (κ2) is 6.73. The van der Waals surface area contributed by atoms with Crippen molar-refractivity contribution in [3.05, 3.63) is 17.5 Å². The Balaban J connectivity index is 2.13. The molecule has 1 aromatic heterocycles. The number of hydrogen-bond acceptors (Lipinski definition) is 3. The van der Waals surface area contributed by atoms with E-state index in [0.717, 1.165) is 43.5 Å². The molecule has 0 radical (unpaired) electrons. The normalized spacial score (nSPS) is 26.0. The van der Waals surface area contributed by atoms with Gasteiger partial charge in [-0.3, -0.25) is 9.48 Å². The SMILES string of the molecule is CCOC1(C(=O)Cc2cc(CC)nn2C)CCC(C)CC1. The molecule has 0 spiro atoms. The number of aromatic nitrogens is 2. The van der Waals surface area contributed by atoms with Gasteiger partial charge in [0, 0.05) is 19.3 Å². The van der Waals surface area contributed by atoms with E-state index < -0.39 is 5.60 Å². The van der Waals surface area contributed by atoms with Crippen molar-refractivity contribution in [2.45, 2.75) is 64.9 Å². The van der Waals surface area contributed by atoms with E-state index in [0.29, 0.717) is 18.9 Å². The molecule has 0 N–H and O–H groups in total. The van der Waals surface area contributed by atoms with Gasteiger partial charge in [0.05, 0.1) is 12.1 Å². The van der Waals surface area contributed by atoms with Crippen molar-refractivity contribution in [1.82, 2.24) is 9.78 Å². The van der Waals surface area contributed by atoms with Gasteiger partial charge in [-0.15, -0.1) is 0 Å². The lowest BCUT2D eigenvalue weighted by molar-refractivity contribution is -0.149. The highest BCUT2D eigenvalue weighted by atomic mass is 16.5. The minimum Gasteiger partial charge on any atom is -0.367 e. The van der Waals surface area contributed by atoms with Crippen molar-refractivity contribution in [1.29, 1.82) is 0 Å². The van der Waals surface area contributed by atoms with Crippen LogP contribution in [0.3, 0.4) is 0 Å². The van der Waals surface area contributed by atoms with Crippen LogP contribution in [0.1, 0.15) is 57.8 Å². The lowest BCUT2D eigenvalue weighted by Crippen LogP contribution is -2.45. The maximum Gasteiger partial charge on any atom is 0.170 e. The van der Waals surface area contributed by atoms with Crippen LogP contribution in [0.15, 0.2) is 6.07 Å². The summed E-state index contributed by atoms with van der Waals surface area (Å²) in [4.78, 5) is 12.9. The molecule has 0 unspecified atom stereocenters. The van der Waals surface area contributed by atoms with Crippen molar-refractivity contribution < 1.29 is 9.53 Å². The third-order valence-corrected chi connectivity index (χ3v) is 4.74. The predicted octanol–water partition coefficient (Wildman–Crippen LogP) is 3.08. The first kappa shape index (κ1) is 16.2. The molecular weight excluding hydrogens is 264 g/mol. The molecule has 0 aliphatic heterocycles. The largest absolute Gasteiger partial charge is 0.367 e. The van der Waals surface area contributed by atoms with E-state index in [1.54, 1.807) is 0 Å². The van der Waals surface area contributed by atoms with Gasteiger partial charge < -0.3 is 4.74 Å². The molecule has 0 amide bonds. The molecule has 1 aliphatic carbocycles. The second-order valence-electron chi connectivity index (χ2n) is 6.31. The number of aryl methyl sites for hydroxylation is 2. The fraction of sp³-hybridized carbons (Fsp3) is 0.765. The maximum atomic E-state index is 12.9. The minimum atomic E-state index is -0.558. The van der Waals surface area contributed by atoms with Gasteiger partial charge in [-0.25, -0.2) is 0 Å². The lowest BCUT2D eigenvalue weighted by atomic mass is 9.76. The Morgan fingerprint density at radius 3 is 2.62 bits per heavy atom. The zero-order valence-electron chi connectivity index (χ0n) is 13.8. The van der Waals surface area contributed by atoms with Crippen LogP contribution in [0.2, 0.25) is 0 Å². The van der Waals surface area contributed by atoms with Gasteiger partial charge in [-0.2, -0.15) is 5.10 Å². The monoisotopic (exact) mass is 292 g/mol. The number of nitrogens with zero attached hydrogens (tertiary/aromatic N) is 2. The van der Waals surface area contributed by atoms with E-state index in [4.69, 9.17) is 4.74 Å². The van der Waals surface area contributed by atoms with E-state index in [1.165, 1.54) is 0 Å². The number of carbonyl (C=O) groups is 1. The summed E-state index contributed by atoms with van der Waals surface area (Å²) in [5, 5.41) is 4.43. The maximum absolute atomic E-state index is 12.9. The predicted molar refractivity (Wildman–Crippen MR) is 83.3 cm³/mol. The van der Waals surface area contributed by atoms with E-state index in [-0.39, 0.29) is 5.78 Å². The van der Waals surface area contributed by atoms with Crippen molar-refractivity contribution in [3.63, 3.8) is 0 Å². The summed E-state index contributed by atoms with van der Waals surface area (Å²) < 4.78 is 7.78. The quantitative estimate of drug-likeness (QED) is 0.809. The van der Waals surface area contributed by atoms with Crippen LogP contribution >= 0.6 is 0 Å². The summed E-state index contributed by atoms with van der Waals surface area (Å²) in [5.74, 6) is 0.927. The van der Waals surface area contributed by atoms with Crippen LogP contribution in [-0.2, 0) is 29.4 Å². The lowest BCUT2D eigenvalue weighted by Gasteiger charge is -2.37. The molecule has 0 atom stereocenters. The number of ketones is 1. The molecular formula is C17H28N2O2. The number of Topliss-reactive ketones (excluding diaryl/α,β-unsaturated/α-hetero) is 1. The zero-order valence-corrected chi connectivity index (χ0v) is 13.8. The van der Waals surface area contributed by atoms with Gasteiger partial charge in [0.25, 0.3) is 0 Å². The van der Waals surface area contributed by atoms with Crippen LogP contribution in [0.25, 0.3) is 0 Å². The molecule has 2 rings (SSSR count). The van der Waals surface area contributed by atoms with Crippen molar-refractivity contribution in [2.24, 2.45) is 13.0 Å². The van der Waals surface area contributed by atoms with E-state index in [2.05, 4.69) is 18.9 Å². The summed E-state index contributed by atoms with van der Waals surface area (Å²) in [7, 11) is 1.91. The number of carbonyl (C=O) groups excluding carboxylic acids is 1. The van der Waals surface area contributed by atoms with Gasteiger partial charge in [-0.1, -0.05) is 13.8 Å². The summed E-state index contributed by atoms with van der Waals surface area (Å²) in [6, 6.07) is 2.04. The van der Waals surface area contributed by atoms with E-state index >= 15 is 0 Å². The Kier molecular flexibility index (Phi) is 5.20. The number of ether oxygens (including phenoxy) is 1. The highest BCUT2D eigenvalue weighted by Gasteiger charge is 2.41. The Morgan fingerprint density at radius 2 is 2.10 bits per heavy atom. The molecule has 1 aliphatic rings. The smallest absolute Gasteiger partial charge is 0.170 e. The van der Waals surface area contributed by atoms with Gasteiger partial charge in [0.2, 0.25) is 0 Å². The first-order chi connectivity index (χ1) is 10.0. The molecule has 1 aromatic rings. The first-order valence-electron chi connectivity index (χ1n) is 8.19. The highest BCUT2D eigenvalue weighted by molar-refractivity contribution is 5.89. The Hall–Kier alpha value is -1.16. The molecule has 1 saturated carbocycles. The molecule has 118 valence electrons. The van der Waals surface area contributed by atoms with Gasteiger partial charge in [0.1, 0.15) is 5.60 Å². The molecule has 0 aromatic carbocycles. The third kappa shape index (κ3) is 3.54. The van der Waals surface area contributed by atoms with E-state index in [9.17, 15) is 4.79 Å². The fourth-order valence-electron chi connectivity index (χ4n) is 3.24. The summed E-state index contributed by atoms with van der Waals surface area (Å²) in [6.45, 7) is 6.92. The van der Waals surface area contributed by atoms with Gasteiger partial charge >= 0.3 is 0 Å². The molecule has 1 heterocycles. The number of hydrogen-bond donors (Lipinski definition) is 0. The van der Waals surface area contributed by atoms with Crippen LogP contribution < -0.4 is 0 Å².